The molecule has 1 heterocycles. The molecule has 0 saturated carbocycles. The van der Waals surface area contributed by atoms with Gasteiger partial charge in [0.1, 0.15) is 0 Å². The highest BCUT2D eigenvalue weighted by atomic mass is 19.2. The number of halogens is 2. The zero-order valence-electron chi connectivity index (χ0n) is 11.3. The number of rotatable bonds is 5. The Morgan fingerprint density at radius 3 is 2.80 bits per heavy atom. The highest BCUT2D eigenvalue weighted by Crippen LogP contribution is 2.23. The van der Waals surface area contributed by atoms with Crippen LogP contribution in [0.15, 0.2) is 18.2 Å². The minimum Gasteiger partial charge on any atom is -0.481 e. The Kier molecular flexibility index (Phi) is 5.06. The molecule has 1 N–H and O–H groups in total. The average Bonchev–Trinajstić information content (AvgIpc) is 2.42. The van der Waals surface area contributed by atoms with Gasteiger partial charge in [0.2, 0.25) is 0 Å². The first-order chi connectivity index (χ1) is 9.56. The first-order valence-corrected chi connectivity index (χ1v) is 6.96. The number of aliphatic carboxylic acids is 1. The standard InChI is InChI=1S/C15H19F2NO2/c16-13-6-4-11(9-14(13)17)10-18-8-2-1-3-12(18)5-7-15(19)20/h4,6,9,12H,1-3,5,7-8,10H2,(H,19,20). The maximum Gasteiger partial charge on any atom is 0.303 e. The van der Waals surface area contributed by atoms with Crippen LogP contribution >= 0.6 is 0 Å². The van der Waals surface area contributed by atoms with E-state index in [4.69, 9.17) is 5.11 Å². The van der Waals surface area contributed by atoms with Crippen LogP contribution in [0.5, 0.6) is 0 Å². The minimum atomic E-state index is -0.838. The molecule has 20 heavy (non-hydrogen) atoms. The Balaban J connectivity index is 2.00. The van der Waals surface area contributed by atoms with E-state index in [1.165, 1.54) is 6.07 Å². The van der Waals surface area contributed by atoms with Gasteiger partial charge in [-0.15, -0.1) is 0 Å². The average molecular weight is 283 g/mol. The third-order valence-electron chi connectivity index (χ3n) is 3.81. The molecule has 110 valence electrons. The number of carbonyl (C=O) groups is 1. The van der Waals surface area contributed by atoms with E-state index >= 15 is 0 Å². The third kappa shape index (κ3) is 4.00. The molecule has 2 rings (SSSR count). The van der Waals surface area contributed by atoms with Crippen LogP contribution in [0.1, 0.15) is 37.7 Å². The highest BCUT2D eigenvalue weighted by Gasteiger charge is 2.23. The van der Waals surface area contributed by atoms with Crippen LogP contribution in [-0.4, -0.2) is 28.6 Å². The van der Waals surface area contributed by atoms with Crippen molar-refractivity contribution >= 4 is 5.97 Å². The van der Waals surface area contributed by atoms with E-state index in [-0.39, 0.29) is 12.5 Å². The van der Waals surface area contributed by atoms with Gasteiger partial charge in [-0.3, -0.25) is 9.69 Å². The molecular weight excluding hydrogens is 264 g/mol. The zero-order valence-corrected chi connectivity index (χ0v) is 11.3. The fourth-order valence-electron chi connectivity index (χ4n) is 2.76. The van der Waals surface area contributed by atoms with Gasteiger partial charge >= 0.3 is 5.97 Å². The van der Waals surface area contributed by atoms with Gasteiger partial charge in [0, 0.05) is 19.0 Å². The SMILES string of the molecule is O=C(O)CCC1CCCCN1Cc1ccc(F)c(F)c1. The lowest BCUT2D eigenvalue weighted by atomic mass is 9.97. The molecule has 5 heteroatoms. The predicted molar refractivity (Wildman–Crippen MR) is 71.3 cm³/mol. The first kappa shape index (κ1) is 14.9. The Hall–Kier alpha value is -1.49. The summed E-state index contributed by atoms with van der Waals surface area (Å²) in [6.45, 7) is 1.42. The van der Waals surface area contributed by atoms with Gasteiger partial charge in [-0.1, -0.05) is 12.5 Å². The molecule has 1 aromatic carbocycles. The van der Waals surface area contributed by atoms with E-state index in [2.05, 4.69) is 4.90 Å². The van der Waals surface area contributed by atoms with Crippen LogP contribution in [-0.2, 0) is 11.3 Å². The number of nitrogens with zero attached hydrogens (tertiary/aromatic N) is 1. The summed E-state index contributed by atoms with van der Waals surface area (Å²) in [7, 11) is 0. The van der Waals surface area contributed by atoms with Gasteiger partial charge in [0.05, 0.1) is 0 Å². The van der Waals surface area contributed by atoms with E-state index in [0.29, 0.717) is 13.0 Å². The van der Waals surface area contributed by atoms with Crippen molar-refractivity contribution in [2.75, 3.05) is 6.54 Å². The van der Waals surface area contributed by atoms with Gasteiger partial charge in [0.25, 0.3) is 0 Å². The molecule has 1 atom stereocenters. The molecule has 1 fully saturated rings. The van der Waals surface area contributed by atoms with E-state index in [1.807, 2.05) is 0 Å². The van der Waals surface area contributed by atoms with E-state index in [1.54, 1.807) is 6.07 Å². The summed E-state index contributed by atoms with van der Waals surface area (Å²) in [5.41, 5.74) is 0.728. The maximum atomic E-state index is 13.2. The van der Waals surface area contributed by atoms with Crippen LogP contribution in [0, 0.1) is 11.6 Å². The van der Waals surface area contributed by atoms with E-state index < -0.39 is 17.6 Å². The van der Waals surface area contributed by atoms with Crippen molar-refractivity contribution in [3.05, 3.63) is 35.4 Å². The normalized spacial score (nSPS) is 20.0. The lowest BCUT2D eigenvalue weighted by molar-refractivity contribution is -0.137. The Bertz CT molecular complexity index is 479. The second-order valence-electron chi connectivity index (χ2n) is 5.30. The van der Waals surface area contributed by atoms with Gasteiger partial charge in [-0.05, 0) is 43.5 Å². The second-order valence-corrected chi connectivity index (χ2v) is 5.30. The molecule has 0 aromatic heterocycles. The largest absolute Gasteiger partial charge is 0.481 e. The summed E-state index contributed by atoms with van der Waals surface area (Å²) in [5.74, 6) is -2.46. The molecule has 1 unspecified atom stereocenters. The lowest BCUT2D eigenvalue weighted by Gasteiger charge is -2.35. The summed E-state index contributed by atoms with van der Waals surface area (Å²) in [6.07, 6.45) is 3.89. The number of benzene rings is 1. The fraction of sp³-hybridized carbons (Fsp3) is 0.533. The van der Waals surface area contributed by atoms with Crippen LogP contribution in [0.4, 0.5) is 8.78 Å². The fourth-order valence-corrected chi connectivity index (χ4v) is 2.76. The van der Waals surface area contributed by atoms with Gasteiger partial charge in [-0.2, -0.15) is 0 Å². The second kappa shape index (κ2) is 6.79. The number of hydrogen-bond donors (Lipinski definition) is 1. The quantitative estimate of drug-likeness (QED) is 0.902. The molecule has 1 aromatic rings. The van der Waals surface area contributed by atoms with Crippen molar-refractivity contribution in [1.29, 1.82) is 0 Å². The van der Waals surface area contributed by atoms with Crippen molar-refractivity contribution in [2.24, 2.45) is 0 Å². The van der Waals surface area contributed by atoms with Crippen molar-refractivity contribution < 1.29 is 18.7 Å². The number of hydrogen-bond acceptors (Lipinski definition) is 2. The molecule has 1 aliphatic rings. The molecule has 0 spiro atoms. The lowest BCUT2D eigenvalue weighted by Crippen LogP contribution is -2.39. The van der Waals surface area contributed by atoms with E-state index in [0.717, 1.165) is 37.4 Å². The number of carboxylic acid groups (broad SMARTS) is 1. The molecule has 0 aliphatic carbocycles. The van der Waals surface area contributed by atoms with Crippen molar-refractivity contribution in [2.45, 2.75) is 44.7 Å². The topological polar surface area (TPSA) is 40.5 Å². The van der Waals surface area contributed by atoms with Gasteiger partial charge in [-0.25, -0.2) is 8.78 Å². The van der Waals surface area contributed by atoms with Gasteiger partial charge < -0.3 is 5.11 Å². The molecule has 0 bridgehead atoms. The third-order valence-corrected chi connectivity index (χ3v) is 3.81. The first-order valence-electron chi connectivity index (χ1n) is 6.96. The maximum absolute atomic E-state index is 13.2. The molecule has 3 nitrogen and oxygen atoms in total. The molecule has 0 amide bonds. The summed E-state index contributed by atoms with van der Waals surface area (Å²) in [6, 6.07) is 4.16. The van der Waals surface area contributed by atoms with Crippen molar-refractivity contribution in [3.63, 3.8) is 0 Å². The zero-order chi connectivity index (χ0) is 14.5. The van der Waals surface area contributed by atoms with Crippen LogP contribution in [0.3, 0.4) is 0 Å². The monoisotopic (exact) mass is 283 g/mol. The summed E-state index contributed by atoms with van der Waals surface area (Å²) in [4.78, 5) is 12.9. The molecular formula is C15H19F2NO2. The smallest absolute Gasteiger partial charge is 0.303 e. The van der Waals surface area contributed by atoms with Crippen molar-refractivity contribution in [1.82, 2.24) is 4.90 Å². The van der Waals surface area contributed by atoms with Crippen LogP contribution < -0.4 is 0 Å². The Morgan fingerprint density at radius 2 is 2.10 bits per heavy atom. The number of piperidine rings is 1. The van der Waals surface area contributed by atoms with Crippen molar-refractivity contribution in [3.8, 4) is 0 Å². The highest BCUT2D eigenvalue weighted by molar-refractivity contribution is 5.66. The number of likely N-dealkylation sites (tertiary alicyclic amines) is 1. The van der Waals surface area contributed by atoms with Crippen LogP contribution in [0.2, 0.25) is 0 Å². The van der Waals surface area contributed by atoms with E-state index in [9.17, 15) is 13.6 Å². The number of carboxylic acids is 1. The molecule has 1 saturated heterocycles. The Morgan fingerprint density at radius 1 is 1.30 bits per heavy atom. The Labute approximate surface area is 117 Å². The summed E-state index contributed by atoms with van der Waals surface area (Å²) < 4.78 is 26.1. The predicted octanol–water partition coefficient (Wildman–Crippen LogP) is 3.18. The minimum absolute atomic E-state index is 0.152. The molecule has 1 aliphatic heterocycles. The summed E-state index contributed by atoms with van der Waals surface area (Å²) in [5, 5.41) is 8.78. The molecule has 0 radical (unpaired) electrons. The summed E-state index contributed by atoms with van der Waals surface area (Å²) >= 11 is 0. The van der Waals surface area contributed by atoms with Crippen LogP contribution in [0.25, 0.3) is 0 Å². The van der Waals surface area contributed by atoms with Gasteiger partial charge in [0.15, 0.2) is 11.6 Å².